The van der Waals surface area contributed by atoms with E-state index in [0.717, 1.165) is 16.2 Å². The van der Waals surface area contributed by atoms with Crippen molar-refractivity contribution in [1.29, 1.82) is 0 Å². The van der Waals surface area contributed by atoms with Gasteiger partial charge in [-0.1, -0.05) is 18.7 Å². The van der Waals surface area contributed by atoms with E-state index in [-0.39, 0.29) is 0 Å². The number of allylic oxidation sites excluding steroid dienone is 1. The third-order valence-corrected chi connectivity index (χ3v) is 2.39. The summed E-state index contributed by atoms with van der Waals surface area (Å²) in [6, 6.07) is 7.98. The first-order chi connectivity index (χ1) is 6.40. The summed E-state index contributed by atoms with van der Waals surface area (Å²) in [6.45, 7) is 3.61. The van der Waals surface area contributed by atoms with E-state index < -0.39 is 0 Å². The number of hydrogen-bond acceptors (Lipinski definition) is 1. The third kappa shape index (κ3) is 1.65. The number of benzene rings is 1. The summed E-state index contributed by atoms with van der Waals surface area (Å²) in [7, 11) is 0. The van der Waals surface area contributed by atoms with Crippen molar-refractivity contribution in [1.82, 2.24) is 9.97 Å². The zero-order chi connectivity index (χ0) is 9.10. The molecule has 64 valence electrons. The summed E-state index contributed by atoms with van der Waals surface area (Å²) in [4.78, 5) is 7.58. The smallest absolute Gasteiger partial charge is 0.289 e. The molecular weight excluding hydrogens is 180 g/mol. The number of aromatic nitrogens is 2. The van der Waals surface area contributed by atoms with Crippen LogP contribution in [0.15, 0.2) is 42.1 Å². The molecule has 0 fully saturated rings. The lowest BCUT2D eigenvalue weighted by Crippen LogP contribution is -1.77. The highest BCUT2D eigenvalue weighted by Gasteiger charge is 2.07. The van der Waals surface area contributed by atoms with E-state index in [9.17, 15) is 0 Å². The van der Waals surface area contributed by atoms with Gasteiger partial charge in [-0.15, -0.1) is 0 Å². The maximum Gasteiger partial charge on any atom is 0.401 e. The van der Waals surface area contributed by atoms with E-state index in [4.69, 9.17) is 0 Å². The van der Waals surface area contributed by atoms with E-state index in [0.29, 0.717) is 0 Å². The van der Waals surface area contributed by atoms with Gasteiger partial charge in [-0.2, -0.15) is 4.98 Å². The lowest BCUT2D eigenvalue weighted by Gasteiger charge is -1.80. The molecule has 0 aliphatic heterocycles. The van der Waals surface area contributed by atoms with Crippen LogP contribution in [0.3, 0.4) is 0 Å². The highest BCUT2D eigenvalue weighted by molar-refractivity contribution is 7.77. The molecular formula is C10H9N2S+. The molecule has 0 bridgehead atoms. The number of aromatic amines is 1. The second kappa shape index (κ2) is 3.49. The molecule has 1 heterocycles. The van der Waals surface area contributed by atoms with Crippen molar-refractivity contribution in [3.8, 4) is 0 Å². The summed E-state index contributed by atoms with van der Waals surface area (Å²) >= 11 is 1.54. The molecule has 0 spiro atoms. The first-order valence-electron chi connectivity index (χ1n) is 3.96. The molecule has 1 N–H and O–H groups in total. The van der Waals surface area contributed by atoms with Crippen molar-refractivity contribution in [2.75, 3.05) is 0 Å². The molecule has 0 aliphatic rings. The van der Waals surface area contributed by atoms with E-state index in [1.807, 2.05) is 29.6 Å². The largest absolute Gasteiger partial charge is 0.401 e. The number of H-pyrrole nitrogens is 1. The topological polar surface area (TPSA) is 28.7 Å². The molecule has 0 unspecified atom stereocenters. The summed E-state index contributed by atoms with van der Waals surface area (Å²) in [5.41, 5.74) is 2.07. The normalized spacial score (nSPS) is 11.1. The van der Waals surface area contributed by atoms with Crippen molar-refractivity contribution in [2.24, 2.45) is 0 Å². The molecule has 2 nitrogen and oxygen atoms in total. The maximum atomic E-state index is 4.38. The predicted octanol–water partition coefficient (Wildman–Crippen LogP) is 1.99. The standard InChI is InChI=1S/C10H9N2S/c1-2-7-13-10-11-8-5-3-4-6-9(8)12-10/h2-7H,1H2,(H,11,12)/q+1. The van der Waals surface area contributed by atoms with Gasteiger partial charge < -0.3 is 0 Å². The fraction of sp³-hybridized carbons (Fsp3) is 0. The highest BCUT2D eigenvalue weighted by Crippen LogP contribution is 2.09. The summed E-state index contributed by atoms with van der Waals surface area (Å²) in [5.74, 6) is 0. The number of nitrogens with zero attached hydrogens (tertiary/aromatic N) is 1. The van der Waals surface area contributed by atoms with Gasteiger partial charge in [0, 0.05) is 0 Å². The van der Waals surface area contributed by atoms with Crippen LogP contribution < -0.4 is 0 Å². The van der Waals surface area contributed by atoms with Crippen LogP contribution in [0, 0.1) is 0 Å². The van der Waals surface area contributed by atoms with E-state index in [1.54, 1.807) is 6.08 Å². The lowest BCUT2D eigenvalue weighted by atomic mass is 10.3. The van der Waals surface area contributed by atoms with Crippen LogP contribution in [0.25, 0.3) is 11.0 Å². The van der Waals surface area contributed by atoms with Crippen LogP contribution in [0.5, 0.6) is 0 Å². The fourth-order valence-electron chi connectivity index (χ4n) is 1.10. The van der Waals surface area contributed by atoms with Gasteiger partial charge in [0.25, 0.3) is 11.4 Å². The van der Waals surface area contributed by atoms with Gasteiger partial charge in [-0.05, 0) is 18.2 Å². The average molecular weight is 189 g/mol. The maximum absolute atomic E-state index is 4.38. The average Bonchev–Trinajstić information content (AvgIpc) is 2.57. The number of fused-ring (bicyclic) bond motifs is 1. The number of nitrogens with one attached hydrogen (secondary N) is 1. The van der Waals surface area contributed by atoms with Gasteiger partial charge in [-0.3, -0.25) is 4.98 Å². The molecule has 1 aromatic heterocycles. The second-order valence-electron chi connectivity index (χ2n) is 2.55. The zero-order valence-corrected chi connectivity index (χ0v) is 7.84. The number of para-hydroxylation sites is 2. The van der Waals surface area contributed by atoms with Gasteiger partial charge in [0.1, 0.15) is 0 Å². The molecule has 0 amide bonds. The van der Waals surface area contributed by atoms with Crippen LogP contribution in [0.4, 0.5) is 0 Å². The van der Waals surface area contributed by atoms with Crippen LogP contribution in [-0.2, 0) is 11.4 Å². The molecule has 13 heavy (non-hydrogen) atoms. The summed E-state index contributed by atoms with van der Waals surface area (Å²) in [5, 5.41) is 2.80. The van der Waals surface area contributed by atoms with Crippen molar-refractivity contribution >= 4 is 27.8 Å². The minimum absolute atomic E-state index is 0.904. The van der Waals surface area contributed by atoms with Crippen molar-refractivity contribution in [3.05, 3.63) is 36.9 Å². The second-order valence-corrected chi connectivity index (χ2v) is 3.44. The monoisotopic (exact) mass is 189 g/mol. The molecule has 0 radical (unpaired) electrons. The highest BCUT2D eigenvalue weighted by atomic mass is 32.1. The van der Waals surface area contributed by atoms with Crippen LogP contribution in [-0.4, -0.2) is 15.3 Å². The van der Waals surface area contributed by atoms with Crippen molar-refractivity contribution in [2.45, 2.75) is 5.16 Å². The van der Waals surface area contributed by atoms with Crippen LogP contribution in [0.2, 0.25) is 0 Å². The Labute approximate surface area is 80.3 Å². The Hall–Kier alpha value is -1.48. The van der Waals surface area contributed by atoms with E-state index in [2.05, 4.69) is 16.5 Å². The van der Waals surface area contributed by atoms with Gasteiger partial charge in [0.15, 0.2) is 5.37 Å². The van der Waals surface area contributed by atoms with E-state index in [1.165, 1.54) is 11.4 Å². The Morgan fingerprint density at radius 3 is 3.00 bits per heavy atom. The van der Waals surface area contributed by atoms with Gasteiger partial charge >= 0.3 is 5.16 Å². The molecule has 2 rings (SSSR count). The molecule has 0 atom stereocenters. The quantitative estimate of drug-likeness (QED) is 0.437. The Bertz CT molecular complexity index is 424. The molecule has 0 aliphatic carbocycles. The SMILES string of the molecule is C=CC=[S+]c1nc2ccccc2[nH]1. The lowest BCUT2D eigenvalue weighted by molar-refractivity contribution is 1.09. The minimum atomic E-state index is 0.904. The number of hydrogen-bond donors (Lipinski definition) is 1. The first-order valence-corrected chi connectivity index (χ1v) is 4.84. The van der Waals surface area contributed by atoms with Gasteiger partial charge in [0.2, 0.25) is 0 Å². The predicted molar refractivity (Wildman–Crippen MR) is 58.0 cm³/mol. The van der Waals surface area contributed by atoms with Gasteiger partial charge in [-0.25, -0.2) is 0 Å². The Morgan fingerprint density at radius 1 is 1.38 bits per heavy atom. The Kier molecular flexibility index (Phi) is 2.19. The Balaban J connectivity index is 2.49. The third-order valence-electron chi connectivity index (χ3n) is 1.64. The van der Waals surface area contributed by atoms with Crippen molar-refractivity contribution < 1.29 is 0 Å². The molecule has 0 saturated heterocycles. The number of imidazole rings is 1. The number of rotatable bonds is 2. The van der Waals surface area contributed by atoms with Crippen molar-refractivity contribution in [3.63, 3.8) is 0 Å². The zero-order valence-electron chi connectivity index (χ0n) is 7.03. The fourth-order valence-corrected chi connectivity index (χ4v) is 1.64. The van der Waals surface area contributed by atoms with Crippen LogP contribution in [0.1, 0.15) is 0 Å². The summed E-state index contributed by atoms with van der Waals surface area (Å²) in [6.07, 6.45) is 1.75. The molecule has 2 aromatic rings. The van der Waals surface area contributed by atoms with Crippen LogP contribution >= 0.6 is 0 Å². The minimum Gasteiger partial charge on any atom is -0.289 e. The first kappa shape index (κ1) is 8.13. The summed E-state index contributed by atoms with van der Waals surface area (Å²) < 4.78 is 0. The van der Waals surface area contributed by atoms with Gasteiger partial charge in [0.05, 0.1) is 11.0 Å². The molecule has 1 aromatic carbocycles. The molecule has 0 saturated carbocycles. The molecule has 3 heteroatoms. The van der Waals surface area contributed by atoms with E-state index >= 15 is 0 Å². The Morgan fingerprint density at radius 2 is 2.23 bits per heavy atom.